The number of rotatable bonds is 7. The highest BCUT2D eigenvalue weighted by Gasteiger charge is 1.95. The molecule has 3 nitrogen and oxygen atoms in total. The van der Waals surface area contributed by atoms with Gasteiger partial charge in [0.2, 0.25) is 0 Å². The summed E-state index contributed by atoms with van der Waals surface area (Å²) < 4.78 is 10.3. The molecule has 0 aliphatic heterocycles. The third kappa shape index (κ3) is 8.02. The van der Waals surface area contributed by atoms with Crippen molar-refractivity contribution in [1.29, 1.82) is 0 Å². The Balaban J connectivity index is 0. The number of hydrogen-bond acceptors (Lipinski definition) is 3. The summed E-state index contributed by atoms with van der Waals surface area (Å²) in [5.74, 6) is 0.835. The van der Waals surface area contributed by atoms with Gasteiger partial charge in [-0.25, -0.2) is 0 Å². The largest absolute Gasteiger partial charge is 0.491 e. The van der Waals surface area contributed by atoms with E-state index in [1.54, 1.807) is 7.11 Å². The lowest BCUT2D eigenvalue weighted by atomic mass is 10.1. The number of aldehydes is 1. The normalized spacial score (nSPS) is 8.76. The van der Waals surface area contributed by atoms with Crippen molar-refractivity contribution in [2.24, 2.45) is 0 Å². The minimum atomic E-state index is 0. The smallest absolute Gasteiger partial charge is 0.120 e. The monoisotopic (exact) mass is 280 g/mol. The van der Waals surface area contributed by atoms with Crippen LogP contribution in [0.1, 0.15) is 12.0 Å². The van der Waals surface area contributed by atoms with Gasteiger partial charge in [-0.1, -0.05) is 12.1 Å². The molecule has 0 N–H and O–H groups in total. The summed E-state index contributed by atoms with van der Waals surface area (Å²) in [5, 5.41) is 0. The van der Waals surface area contributed by atoms with Crippen LogP contribution < -0.4 is 4.74 Å². The van der Waals surface area contributed by atoms with Crippen LogP contribution in [-0.4, -0.2) is 26.6 Å². The van der Waals surface area contributed by atoms with Crippen LogP contribution >= 0.6 is 24.8 Å². The quantitative estimate of drug-likeness (QED) is 0.569. The van der Waals surface area contributed by atoms with Gasteiger partial charge >= 0.3 is 0 Å². The molecule has 0 radical (unpaired) electrons. The number of aryl methyl sites for hydroxylation is 1. The Morgan fingerprint density at radius 3 is 2.29 bits per heavy atom. The van der Waals surface area contributed by atoms with Crippen molar-refractivity contribution >= 4 is 31.1 Å². The lowest BCUT2D eigenvalue weighted by Crippen LogP contribution is -2.04. The molecule has 1 aromatic carbocycles. The van der Waals surface area contributed by atoms with Gasteiger partial charge in [0.15, 0.2) is 0 Å². The van der Waals surface area contributed by atoms with Gasteiger partial charge in [-0.3, -0.25) is 0 Å². The van der Waals surface area contributed by atoms with Crippen LogP contribution in [0.2, 0.25) is 0 Å². The zero-order valence-corrected chi connectivity index (χ0v) is 11.4. The summed E-state index contributed by atoms with van der Waals surface area (Å²) in [6.45, 7) is 1.15. The number of halogens is 2. The van der Waals surface area contributed by atoms with Crippen molar-refractivity contribution in [1.82, 2.24) is 0 Å². The molecule has 1 aromatic rings. The van der Waals surface area contributed by atoms with Crippen LogP contribution in [0.15, 0.2) is 24.3 Å². The van der Waals surface area contributed by atoms with Crippen molar-refractivity contribution in [3.63, 3.8) is 0 Å². The van der Waals surface area contributed by atoms with E-state index in [0.29, 0.717) is 19.6 Å². The number of methoxy groups -OCH3 is 1. The molecule has 0 atom stereocenters. The molecule has 0 aromatic heterocycles. The van der Waals surface area contributed by atoms with E-state index in [2.05, 4.69) is 0 Å². The number of ether oxygens (including phenoxy) is 2. The number of carbonyl (C=O) groups excluding carboxylic acids is 1. The minimum absolute atomic E-state index is 0. The average molecular weight is 281 g/mol. The second-order valence-electron chi connectivity index (χ2n) is 3.19. The molecule has 0 fully saturated rings. The molecule has 0 aliphatic rings. The van der Waals surface area contributed by atoms with Crippen LogP contribution in [0, 0.1) is 0 Å². The Morgan fingerprint density at radius 1 is 1.12 bits per heavy atom. The van der Waals surface area contributed by atoms with Crippen molar-refractivity contribution in [3.8, 4) is 5.75 Å². The topological polar surface area (TPSA) is 35.5 Å². The molecule has 1 rings (SSSR count). The third-order valence-corrected chi connectivity index (χ3v) is 2.03. The molecular weight excluding hydrogens is 263 g/mol. The first-order valence-electron chi connectivity index (χ1n) is 5.01. The maximum absolute atomic E-state index is 10.2. The Hall–Kier alpha value is -0.770. The molecule has 0 saturated carbocycles. The van der Waals surface area contributed by atoms with E-state index >= 15 is 0 Å². The zero-order chi connectivity index (χ0) is 10.9. The first kappa shape index (κ1) is 18.6. The first-order chi connectivity index (χ1) is 7.36. The van der Waals surface area contributed by atoms with E-state index in [1.807, 2.05) is 24.3 Å². The Labute approximate surface area is 114 Å². The van der Waals surface area contributed by atoms with Gasteiger partial charge in [0.1, 0.15) is 18.6 Å². The number of carbonyl (C=O) groups is 1. The molecule has 0 spiro atoms. The van der Waals surface area contributed by atoms with Gasteiger partial charge in [0.25, 0.3) is 0 Å². The fraction of sp³-hybridized carbons (Fsp3) is 0.417. The van der Waals surface area contributed by atoms with Crippen molar-refractivity contribution in [3.05, 3.63) is 29.8 Å². The molecule has 17 heavy (non-hydrogen) atoms. The van der Waals surface area contributed by atoms with Gasteiger partial charge < -0.3 is 14.3 Å². The van der Waals surface area contributed by atoms with Gasteiger partial charge in [0.05, 0.1) is 6.61 Å². The first-order valence-corrected chi connectivity index (χ1v) is 5.01. The maximum atomic E-state index is 10.2. The Bertz CT molecular complexity index is 288. The third-order valence-electron chi connectivity index (χ3n) is 2.03. The predicted molar refractivity (Wildman–Crippen MR) is 72.7 cm³/mol. The zero-order valence-electron chi connectivity index (χ0n) is 9.76. The van der Waals surface area contributed by atoms with Crippen LogP contribution in [-0.2, 0) is 16.0 Å². The lowest BCUT2D eigenvalue weighted by molar-refractivity contribution is -0.107. The summed E-state index contributed by atoms with van der Waals surface area (Å²) in [4.78, 5) is 10.2. The maximum Gasteiger partial charge on any atom is 0.120 e. The van der Waals surface area contributed by atoms with Crippen LogP contribution in [0.5, 0.6) is 5.75 Å². The molecule has 0 saturated heterocycles. The fourth-order valence-corrected chi connectivity index (χ4v) is 1.22. The molecular formula is C12H18Cl2O3. The molecule has 98 valence electrons. The summed E-state index contributed by atoms with van der Waals surface area (Å²) >= 11 is 0. The standard InChI is InChI=1S/C12H16O3.2ClH/c1-14-9-10-15-12-6-4-11(5-7-12)3-2-8-13;;/h4-8H,2-3,9-10H2,1H3;2*1H. The van der Waals surface area contributed by atoms with E-state index in [-0.39, 0.29) is 24.8 Å². The van der Waals surface area contributed by atoms with Crippen molar-refractivity contribution < 1.29 is 14.3 Å². The second kappa shape index (κ2) is 11.7. The highest BCUT2D eigenvalue weighted by molar-refractivity contribution is 5.85. The Morgan fingerprint density at radius 2 is 1.76 bits per heavy atom. The Kier molecular flexibility index (Phi) is 12.8. The second-order valence-corrected chi connectivity index (χ2v) is 3.19. The molecule has 0 bridgehead atoms. The number of hydrogen-bond donors (Lipinski definition) is 0. The predicted octanol–water partition coefficient (Wildman–Crippen LogP) is 2.69. The average Bonchev–Trinajstić information content (AvgIpc) is 2.28. The van der Waals surface area contributed by atoms with Gasteiger partial charge in [0, 0.05) is 13.5 Å². The van der Waals surface area contributed by atoms with Crippen LogP contribution in [0.25, 0.3) is 0 Å². The molecule has 0 heterocycles. The van der Waals surface area contributed by atoms with E-state index in [1.165, 1.54) is 0 Å². The summed E-state index contributed by atoms with van der Waals surface area (Å²) in [5.41, 5.74) is 1.15. The molecule has 0 aliphatic carbocycles. The van der Waals surface area contributed by atoms with Crippen LogP contribution in [0.3, 0.4) is 0 Å². The summed E-state index contributed by atoms with van der Waals surface area (Å²) in [6.07, 6.45) is 2.30. The van der Waals surface area contributed by atoms with Crippen molar-refractivity contribution in [2.75, 3.05) is 20.3 Å². The molecule has 5 heteroatoms. The van der Waals surface area contributed by atoms with E-state index in [0.717, 1.165) is 24.0 Å². The SMILES string of the molecule is COCCOc1ccc(CCC=O)cc1.Cl.Cl. The fourth-order valence-electron chi connectivity index (χ4n) is 1.22. The lowest BCUT2D eigenvalue weighted by Gasteiger charge is -2.05. The summed E-state index contributed by atoms with van der Waals surface area (Å²) in [6, 6.07) is 7.78. The van der Waals surface area contributed by atoms with Gasteiger partial charge in [-0.2, -0.15) is 0 Å². The highest BCUT2D eigenvalue weighted by atomic mass is 35.5. The van der Waals surface area contributed by atoms with Crippen molar-refractivity contribution in [2.45, 2.75) is 12.8 Å². The minimum Gasteiger partial charge on any atom is -0.491 e. The highest BCUT2D eigenvalue weighted by Crippen LogP contribution is 2.12. The van der Waals surface area contributed by atoms with E-state index < -0.39 is 0 Å². The molecule has 0 amide bonds. The van der Waals surface area contributed by atoms with E-state index in [9.17, 15) is 4.79 Å². The van der Waals surface area contributed by atoms with E-state index in [4.69, 9.17) is 9.47 Å². The van der Waals surface area contributed by atoms with Gasteiger partial charge in [-0.05, 0) is 24.1 Å². The number of benzene rings is 1. The molecule has 0 unspecified atom stereocenters. The van der Waals surface area contributed by atoms with Gasteiger partial charge in [-0.15, -0.1) is 24.8 Å². The van der Waals surface area contributed by atoms with Crippen LogP contribution in [0.4, 0.5) is 0 Å². The summed E-state index contributed by atoms with van der Waals surface area (Å²) in [7, 11) is 1.64.